The van der Waals surface area contributed by atoms with Crippen LogP contribution in [0.1, 0.15) is 37.3 Å². The van der Waals surface area contributed by atoms with Crippen molar-refractivity contribution in [3.8, 4) is 11.5 Å². The SMILES string of the molecule is CCCC(O)c1noc(-c2cc(C)ccc2F)n1. The highest BCUT2D eigenvalue weighted by Crippen LogP contribution is 2.24. The minimum Gasteiger partial charge on any atom is -0.385 e. The predicted octanol–water partition coefficient (Wildman–Crippen LogP) is 3.02. The molecule has 2 aromatic rings. The van der Waals surface area contributed by atoms with Gasteiger partial charge in [0, 0.05) is 0 Å². The van der Waals surface area contributed by atoms with E-state index >= 15 is 0 Å². The number of aryl methyl sites for hydroxylation is 1. The number of halogens is 1. The van der Waals surface area contributed by atoms with Gasteiger partial charge >= 0.3 is 0 Å². The number of benzene rings is 1. The van der Waals surface area contributed by atoms with Gasteiger partial charge in [0.25, 0.3) is 5.89 Å². The van der Waals surface area contributed by atoms with Crippen molar-refractivity contribution in [1.29, 1.82) is 0 Å². The second-order valence-corrected chi connectivity index (χ2v) is 4.25. The average Bonchev–Trinajstić information content (AvgIpc) is 2.82. The molecule has 1 unspecified atom stereocenters. The molecule has 1 atom stereocenters. The fourth-order valence-electron chi connectivity index (χ4n) is 1.69. The number of hydrogen-bond donors (Lipinski definition) is 1. The second kappa shape index (κ2) is 5.27. The van der Waals surface area contributed by atoms with Crippen LogP contribution in [-0.2, 0) is 0 Å². The lowest BCUT2D eigenvalue weighted by molar-refractivity contribution is 0.153. The Morgan fingerprint density at radius 3 is 2.94 bits per heavy atom. The smallest absolute Gasteiger partial charge is 0.261 e. The molecule has 0 aliphatic rings. The number of hydrogen-bond acceptors (Lipinski definition) is 4. The molecule has 1 N–H and O–H groups in total. The molecule has 2 rings (SSSR count). The summed E-state index contributed by atoms with van der Waals surface area (Å²) in [4.78, 5) is 4.03. The molecule has 0 amide bonds. The fourth-order valence-corrected chi connectivity index (χ4v) is 1.69. The third kappa shape index (κ3) is 2.56. The predicted molar refractivity (Wildman–Crippen MR) is 64.3 cm³/mol. The van der Waals surface area contributed by atoms with Gasteiger partial charge in [-0.1, -0.05) is 30.1 Å². The van der Waals surface area contributed by atoms with Crippen LogP contribution in [0.4, 0.5) is 4.39 Å². The van der Waals surface area contributed by atoms with Crippen molar-refractivity contribution < 1.29 is 14.0 Å². The normalized spacial score (nSPS) is 12.7. The summed E-state index contributed by atoms with van der Waals surface area (Å²) in [5.41, 5.74) is 1.16. The zero-order chi connectivity index (χ0) is 13.1. The average molecular weight is 250 g/mol. The Morgan fingerprint density at radius 2 is 2.22 bits per heavy atom. The topological polar surface area (TPSA) is 59.2 Å². The summed E-state index contributed by atoms with van der Waals surface area (Å²) in [6.07, 6.45) is 0.597. The highest BCUT2D eigenvalue weighted by Gasteiger charge is 2.17. The van der Waals surface area contributed by atoms with Crippen molar-refractivity contribution >= 4 is 0 Å². The van der Waals surface area contributed by atoms with E-state index in [2.05, 4.69) is 10.1 Å². The van der Waals surface area contributed by atoms with Crippen molar-refractivity contribution in [1.82, 2.24) is 10.1 Å². The highest BCUT2D eigenvalue weighted by atomic mass is 19.1. The highest BCUT2D eigenvalue weighted by molar-refractivity contribution is 5.55. The zero-order valence-electron chi connectivity index (χ0n) is 10.4. The van der Waals surface area contributed by atoms with Gasteiger partial charge in [-0.25, -0.2) is 4.39 Å². The summed E-state index contributed by atoms with van der Waals surface area (Å²) in [5, 5.41) is 13.4. The van der Waals surface area contributed by atoms with E-state index < -0.39 is 11.9 Å². The Labute approximate surface area is 104 Å². The number of aromatic nitrogens is 2. The summed E-state index contributed by atoms with van der Waals surface area (Å²) < 4.78 is 18.6. The van der Waals surface area contributed by atoms with E-state index in [0.717, 1.165) is 12.0 Å². The summed E-state index contributed by atoms with van der Waals surface area (Å²) in [5.74, 6) is -0.116. The van der Waals surface area contributed by atoms with Gasteiger partial charge in [-0.2, -0.15) is 4.98 Å². The van der Waals surface area contributed by atoms with Crippen LogP contribution in [0, 0.1) is 12.7 Å². The Morgan fingerprint density at radius 1 is 1.44 bits per heavy atom. The number of aliphatic hydroxyl groups excluding tert-OH is 1. The lowest BCUT2D eigenvalue weighted by atomic mass is 10.1. The first-order chi connectivity index (χ1) is 8.61. The van der Waals surface area contributed by atoms with Crippen molar-refractivity contribution in [3.63, 3.8) is 0 Å². The molecule has 0 fully saturated rings. The summed E-state index contributed by atoms with van der Waals surface area (Å²) >= 11 is 0. The summed E-state index contributed by atoms with van der Waals surface area (Å²) in [6, 6.07) is 4.66. The monoisotopic (exact) mass is 250 g/mol. The molecular weight excluding hydrogens is 235 g/mol. The molecule has 4 nitrogen and oxygen atoms in total. The molecule has 0 saturated heterocycles. The molecule has 0 bridgehead atoms. The Kier molecular flexibility index (Phi) is 3.72. The van der Waals surface area contributed by atoms with Gasteiger partial charge in [0.2, 0.25) is 5.82 Å². The molecule has 1 aromatic heterocycles. The molecule has 96 valence electrons. The number of rotatable bonds is 4. The van der Waals surface area contributed by atoms with Gasteiger partial charge in [0.1, 0.15) is 11.9 Å². The molecule has 0 radical (unpaired) electrons. The molecule has 0 saturated carbocycles. The maximum atomic E-state index is 13.6. The summed E-state index contributed by atoms with van der Waals surface area (Å²) in [6.45, 7) is 3.80. The third-order valence-electron chi connectivity index (χ3n) is 2.65. The van der Waals surface area contributed by atoms with Crippen molar-refractivity contribution in [2.24, 2.45) is 0 Å². The van der Waals surface area contributed by atoms with Gasteiger partial charge in [0.05, 0.1) is 5.56 Å². The Bertz CT molecular complexity index is 540. The number of nitrogens with zero attached hydrogens (tertiary/aromatic N) is 2. The van der Waals surface area contributed by atoms with E-state index in [1.165, 1.54) is 6.07 Å². The third-order valence-corrected chi connectivity index (χ3v) is 2.65. The largest absolute Gasteiger partial charge is 0.385 e. The fraction of sp³-hybridized carbons (Fsp3) is 0.385. The molecular formula is C13H15FN2O2. The first-order valence-corrected chi connectivity index (χ1v) is 5.90. The van der Waals surface area contributed by atoms with Crippen LogP contribution in [-0.4, -0.2) is 15.2 Å². The van der Waals surface area contributed by atoms with Gasteiger partial charge in [-0.05, 0) is 25.5 Å². The molecule has 0 aliphatic carbocycles. The van der Waals surface area contributed by atoms with Crippen molar-refractivity contribution in [2.45, 2.75) is 32.8 Å². The minimum absolute atomic E-state index is 0.0985. The summed E-state index contributed by atoms with van der Waals surface area (Å²) in [7, 11) is 0. The number of aliphatic hydroxyl groups is 1. The maximum Gasteiger partial charge on any atom is 0.261 e. The molecule has 1 aromatic carbocycles. The van der Waals surface area contributed by atoms with E-state index in [1.54, 1.807) is 12.1 Å². The second-order valence-electron chi connectivity index (χ2n) is 4.25. The minimum atomic E-state index is -0.764. The van der Waals surface area contributed by atoms with E-state index in [-0.39, 0.29) is 17.3 Å². The van der Waals surface area contributed by atoms with Gasteiger partial charge in [-0.15, -0.1) is 0 Å². The van der Waals surface area contributed by atoms with Crippen LogP contribution in [0.15, 0.2) is 22.7 Å². The lowest BCUT2D eigenvalue weighted by Gasteiger charge is -2.01. The van der Waals surface area contributed by atoms with Crippen LogP contribution >= 0.6 is 0 Å². The zero-order valence-corrected chi connectivity index (χ0v) is 10.4. The first-order valence-electron chi connectivity index (χ1n) is 5.90. The van der Waals surface area contributed by atoms with Crippen molar-refractivity contribution in [3.05, 3.63) is 35.4 Å². The van der Waals surface area contributed by atoms with Crippen molar-refractivity contribution in [2.75, 3.05) is 0 Å². The van der Waals surface area contributed by atoms with Gasteiger partial charge in [-0.3, -0.25) is 0 Å². The Balaban J connectivity index is 2.32. The molecule has 0 aliphatic heterocycles. The first kappa shape index (κ1) is 12.7. The quantitative estimate of drug-likeness (QED) is 0.906. The molecule has 0 spiro atoms. The van der Waals surface area contributed by atoms with Gasteiger partial charge in [0.15, 0.2) is 0 Å². The van der Waals surface area contributed by atoms with Crippen LogP contribution < -0.4 is 0 Å². The van der Waals surface area contributed by atoms with Crippen LogP contribution in [0.3, 0.4) is 0 Å². The van der Waals surface area contributed by atoms with E-state index in [0.29, 0.717) is 6.42 Å². The molecule has 18 heavy (non-hydrogen) atoms. The van der Waals surface area contributed by atoms with Gasteiger partial charge < -0.3 is 9.63 Å². The molecule has 5 heteroatoms. The van der Waals surface area contributed by atoms with Crippen LogP contribution in [0.5, 0.6) is 0 Å². The van der Waals surface area contributed by atoms with E-state index in [9.17, 15) is 9.50 Å². The Hall–Kier alpha value is -1.75. The lowest BCUT2D eigenvalue weighted by Crippen LogP contribution is -1.99. The maximum absolute atomic E-state index is 13.6. The van der Waals surface area contributed by atoms with E-state index in [4.69, 9.17) is 4.52 Å². The standard InChI is InChI=1S/C13H15FN2O2/c1-3-4-11(17)12-15-13(18-16-12)9-7-8(2)5-6-10(9)14/h5-7,11,17H,3-4H2,1-2H3. The van der Waals surface area contributed by atoms with E-state index in [1.807, 2.05) is 13.8 Å². The van der Waals surface area contributed by atoms with Crippen LogP contribution in [0.2, 0.25) is 0 Å². The molecule has 1 heterocycles. The van der Waals surface area contributed by atoms with Crippen LogP contribution in [0.25, 0.3) is 11.5 Å².